The van der Waals surface area contributed by atoms with Gasteiger partial charge in [0.15, 0.2) is 11.4 Å². The second-order valence-corrected chi connectivity index (χ2v) is 3.05. The van der Waals surface area contributed by atoms with Crippen molar-refractivity contribution in [3.63, 3.8) is 0 Å². The molecule has 0 aliphatic rings. The molecule has 0 aromatic carbocycles. The van der Waals surface area contributed by atoms with Gasteiger partial charge < -0.3 is 0 Å². The minimum absolute atomic E-state index is 0.0665. The zero-order valence-corrected chi connectivity index (χ0v) is 8.49. The summed E-state index contributed by atoms with van der Waals surface area (Å²) in [5.41, 5.74) is 1.08. The highest BCUT2D eigenvalue weighted by molar-refractivity contribution is 5.44. The number of hydrogen-bond donors (Lipinski definition) is 0. The molecule has 0 fully saturated rings. The summed E-state index contributed by atoms with van der Waals surface area (Å²) in [6.07, 6.45) is 2.82. The first-order valence-electron chi connectivity index (χ1n) is 4.54. The minimum Gasteiger partial charge on any atom is -0.288 e. The van der Waals surface area contributed by atoms with Gasteiger partial charge in [-0.15, -0.1) is 0 Å². The third-order valence-electron chi connectivity index (χ3n) is 2.12. The molecular formula is C11H4N6. The van der Waals surface area contributed by atoms with Crippen molar-refractivity contribution in [1.82, 2.24) is 14.5 Å². The van der Waals surface area contributed by atoms with Crippen LogP contribution in [0.3, 0.4) is 0 Å². The second kappa shape index (κ2) is 4.14. The van der Waals surface area contributed by atoms with Gasteiger partial charge in [-0.1, -0.05) is 0 Å². The lowest BCUT2D eigenvalue weighted by Gasteiger charge is -2.01. The Bertz CT molecular complexity index is 675. The van der Waals surface area contributed by atoms with Gasteiger partial charge in [0.2, 0.25) is 0 Å². The van der Waals surface area contributed by atoms with Crippen LogP contribution < -0.4 is 0 Å². The molecule has 0 saturated carbocycles. The van der Waals surface area contributed by atoms with Crippen molar-refractivity contribution in [1.29, 1.82) is 15.8 Å². The maximum absolute atomic E-state index is 8.95. The van der Waals surface area contributed by atoms with Gasteiger partial charge in [-0.3, -0.25) is 4.57 Å². The lowest BCUT2D eigenvalue weighted by atomic mass is 10.3. The van der Waals surface area contributed by atoms with Crippen LogP contribution in [0, 0.1) is 34.0 Å². The number of imidazole rings is 1. The van der Waals surface area contributed by atoms with Gasteiger partial charge in [0.05, 0.1) is 11.9 Å². The van der Waals surface area contributed by atoms with Gasteiger partial charge in [0.25, 0.3) is 0 Å². The molecular weight excluding hydrogens is 216 g/mol. The lowest BCUT2D eigenvalue weighted by molar-refractivity contribution is 1.02. The van der Waals surface area contributed by atoms with Crippen LogP contribution in [0.4, 0.5) is 0 Å². The van der Waals surface area contributed by atoms with Crippen molar-refractivity contribution in [3.8, 4) is 23.9 Å². The van der Waals surface area contributed by atoms with Gasteiger partial charge >= 0.3 is 0 Å². The van der Waals surface area contributed by atoms with E-state index in [0.29, 0.717) is 5.69 Å². The van der Waals surface area contributed by atoms with E-state index >= 15 is 0 Å². The van der Waals surface area contributed by atoms with Crippen molar-refractivity contribution < 1.29 is 0 Å². The summed E-state index contributed by atoms with van der Waals surface area (Å²) in [6, 6.07) is 8.80. The van der Waals surface area contributed by atoms with Crippen LogP contribution in [0.1, 0.15) is 17.1 Å². The van der Waals surface area contributed by atoms with Crippen molar-refractivity contribution in [2.45, 2.75) is 0 Å². The summed E-state index contributed by atoms with van der Waals surface area (Å²) >= 11 is 0. The van der Waals surface area contributed by atoms with Gasteiger partial charge in [0.1, 0.15) is 30.2 Å². The highest BCUT2D eigenvalue weighted by atomic mass is 15.1. The first-order valence-corrected chi connectivity index (χ1v) is 4.54. The molecule has 2 aromatic heterocycles. The Morgan fingerprint density at radius 3 is 2.35 bits per heavy atom. The first-order chi connectivity index (χ1) is 8.30. The molecule has 78 valence electrons. The zero-order chi connectivity index (χ0) is 12.3. The molecule has 2 aromatic rings. The highest BCUT2D eigenvalue weighted by Crippen LogP contribution is 2.13. The van der Waals surface area contributed by atoms with E-state index in [-0.39, 0.29) is 17.1 Å². The first kappa shape index (κ1) is 10.4. The van der Waals surface area contributed by atoms with Crippen molar-refractivity contribution >= 4 is 0 Å². The van der Waals surface area contributed by atoms with Gasteiger partial charge in [-0.2, -0.15) is 15.8 Å². The van der Waals surface area contributed by atoms with E-state index in [4.69, 9.17) is 15.8 Å². The molecule has 2 heterocycles. The van der Waals surface area contributed by atoms with E-state index in [9.17, 15) is 0 Å². The van der Waals surface area contributed by atoms with Crippen LogP contribution in [-0.2, 0) is 0 Å². The van der Waals surface area contributed by atoms with Crippen LogP contribution in [0.5, 0.6) is 0 Å². The standard InChI is InChI=1S/C11H4N6/c12-3-8-1-2-9(6-15-8)17-7-16-10(4-13)11(17)5-14/h1-2,6-7H. The fourth-order valence-electron chi connectivity index (χ4n) is 1.33. The summed E-state index contributed by atoms with van der Waals surface area (Å²) in [6.45, 7) is 0. The summed E-state index contributed by atoms with van der Waals surface area (Å²) in [5, 5.41) is 26.3. The van der Waals surface area contributed by atoms with Crippen LogP contribution in [-0.4, -0.2) is 14.5 Å². The fraction of sp³-hybridized carbons (Fsp3) is 0. The van der Waals surface area contributed by atoms with Crippen LogP contribution in [0.25, 0.3) is 5.69 Å². The molecule has 2 rings (SSSR count). The van der Waals surface area contributed by atoms with E-state index in [1.165, 1.54) is 23.2 Å². The highest BCUT2D eigenvalue weighted by Gasteiger charge is 2.11. The average molecular weight is 220 g/mol. The molecule has 0 radical (unpaired) electrons. The van der Waals surface area contributed by atoms with E-state index in [2.05, 4.69) is 9.97 Å². The summed E-state index contributed by atoms with van der Waals surface area (Å²) in [7, 11) is 0. The number of nitrogens with zero attached hydrogens (tertiary/aromatic N) is 6. The SMILES string of the molecule is N#Cc1ccc(-n2cnc(C#N)c2C#N)cn1. The van der Waals surface area contributed by atoms with Crippen LogP contribution in [0.15, 0.2) is 24.7 Å². The number of nitriles is 3. The van der Waals surface area contributed by atoms with Gasteiger partial charge in [-0.05, 0) is 12.1 Å². The van der Waals surface area contributed by atoms with Gasteiger partial charge in [-0.25, -0.2) is 9.97 Å². The maximum atomic E-state index is 8.95. The molecule has 0 bridgehead atoms. The van der Waals surface area contributed by atoms with E-state index in [1.807, 2.05) is 18.2 Å². The number of pyridine rings is 1. The molecule has 0 amide bonds. The molecule has 0 aliphatic heterocycles. The molecule has 6 heteroatoms. The Labute approximate surface area is 96.6 Å². The quantitative estimate of drug-likeness (QED) is 0.709. The van der Waals surface area contributed by atoms with Crippen molar-refractivity contribution in [2.75, 3.05) is 0 Å². The molecule has 0 N–H and O–H groups in total. The zero-order valence-electron chi connectivity index (χ0n) is 8.49. The molecule has 0 unspecified atom stereocenters. The average Bonchev–Trinajstić information content (AvgIpc) is 2.81. The van der Waals surface area contributed by atoms with Gasteiger partial charge in [0, 0.05) is 0 Å². The molecule has 0 atom stereocenters. The van der Waals surface area contributed by atoms with Crippen LogP contribution >= 0.6 is 0 Å². The Morgan fingerprint density at radius 1 is 1.00 bits per heavy atom. The molecule has 0 aliphatic carbocycles. The molecule has 6 nitrogen and oxygen atoms in total. The Hall–Kier alpha value is -3.17. The predicted molar refractivity (Wildman–Crippen MR) is 55.5 cm³/mol. The van der Waals surface area contributed by atoms with Crippen molar-refractivity contribution in [3.05, 3.63) is 41.7 Å². The predicted octanol–water partition coefficient (Wildman–Crippen LogP) is 0.882. The normalized spacial score (nSPS) is 9.00. The summed E-state index contributed by atoms with van der Waals surface area (Å²) in [4.78, 5) is 7.69. The van der Waals surface area contributed by atoms with E-state index in [0.717, 1.165) is 0 Å². The van der Waals surface area contributed by atoms with E-state index < -0.39 is 0 Å². The Balaban J connectivity index is 2.55. The third kappa shape index (κ3) is 1.69. The Kier molecular flexibility index (Phi) is 2.52. The summed E-state index contributed by atoms with van der Waals surface area (Å²) in [5.74, 6) is 0. The van der Waals surface area contributed by atoms with E-state index in [1.54, 1.807) is 6.07 Å². The monoisotopic (exact) mass is 220 g/mol. The molecule has 0 saturated heterocycles. The fourth-order valence-corrected chi connectivity index (χ4v) is 1.33. The molecule has 17 heavy (non-hydrogen) atoms. The molecule has 0 spiro atoms. The minimum atomic E-state index is 0.0665. The smallest absolute Gasteiger partial charge is 0.177 e. The summed E-state index contributed by atoms with van der Waals surface area (Å²) < 4.78 is 1.45. The van der Waals surface area contributed by atoms with Crippen molar-refractivity contribution in [2.24, 2.45) is 0 Å². The van der Waals surface area contributed by atoms with Crippen LogP contribution in [0.2, 0.25) is 0 Å². The second-order valence-electron chi connectivity index (χ2n) is 3.05. The Morgan fingerprint density at radius 2 is 1.82 bits per heavy atom. The number of aromatic nitrogens is 3. The maximum Gasteiger partial charge on any atom is 0.177 e. The topological polar surface area (TPSA) is 102 Å². The largest absolute Gasteiger partial charge is 0.288 e. The third-order valence-corrected chi connectivity index (χ3v) is 2.12. The number of hydrogen-bond acceptors (Lipinski definition) is 5. The lowest BCUT2D eigenvalue weighted by Crippen LogP contribution is -1.97. The number of rotatable bonds is 1.